The molecular weight excluding hydrogens is 380 g/mol. The Labute approximate surface area is 164 Å². The maximum absolute atomic E-state index is 11.5. The monoisotopic (exact) mass is 394 g/mol. The summed E-state index contributed by atoms with van der Waals surface area (Å²) in [4.78, 5) is 35.5. The summed E-state index contributed by atoms with van der Waals surface area (Å²) in [6.45, 7) is 0. The topological polar surface area (TPSA) is 108 Å². The average molecular weight is 394 g/mol. The van der Waals surface area contributed by atoms with Gasteiger partial charge in [-0.1, -0.05) is 0 Å². The van der Waals surface area contributed by atoms with Crippen molar-refractivity contribution in [2.24, 2.45) is 4.99 Å². The van der Waals surface area contributed by atoms with E-state index in [9.17, 15) is 14.9 Å². The number of hydrogen-bond acceptors (Lipinski definition) is 8. The number of nitro benzene ring substituents is 1. The first-order chi connectivity index (χ1) is 13.6. The molecule has 0 saturated heterocycles. The first-order valence-electron chi connectivity index (χ1n) is 8.02. The van der Waals surface area contributed by atoms with Crippen molar-refractivity contribution >= 4 is 35.3 Å². The molecule has 0 aliphatic heterocycles. The third-order valence-corrected chi connectivity index (χ3v) is 4.57. The predicted octanol–water partition coefficient (Wildman–Crippen LogP) is 4.07. The third-order valence-electron chi connectivity index (χ3n) is 3.59. The van der Waals surface area contributed by atoms with Gasteiger partial charge in [-0.2, -0.15) is 0 Å². The second kappa shape index (κ2) is 8.87. The first-order valence-corrected chi connectivity index (χ1v) is 8.84. The van der Waals surface area contributed by atoms with Crippen LogP contribution in [0, 0.1) is 10.1 Å². The summed E-state index contributed by atoms with van der Waals surface area (Å²) in [7, 11) is 1.31. The lowest BCUT2D eigenvalue weighted by Crippen LogP contribution is -1.99. The fraction of sp³-hybridized carbons (Fsp3) is 0.0526. The minimum atomic E-state index is -0.462. The van der Waals surface area contributed by atoms with E-state index in [1.165, 1.54) is 37.2 Å². The summed E-state index contributed by atoms with van der Waals surface area (Å²) < 4.78 is 4.66. The lowest BCUT2D eigenvalue weighted by Gasteiger charge is -2.05. The van der Waals surface area contributed by atoms with E-state index in [0.717, 1.165) is 4.90 Å². The maximum Gasteiger partial charge on any atom is 0.337 e. The molecular formula is C19H14N4O4S. The van der Waals surface area contributed by atoms with Crippen molar-refractivity contribution in [3.63, 3.8) is 0 Å². The number of non-ortho nitro benzene ring substituents is 1. The molecule has 2 aromatic carbocycles. The second-order valence-electron chi connectivity index (χ2n) is 5.41. The lowest BCUT2D eigenvalue weighted by molar-refractivity contribution is -0.384. The van der Waals surface area contributed by atoms with Crippen LogP contribution < -0.4 is 0 Å². The molecule has 0 aliphatic carbocycles. The molecule has 0 radical (unpaired) electrons. The van der Waals surface area contributed by atoms with Gasteiger partial charge in [0.25, 0.3) is 5.69 Å². The van der Waals surface area contributed by atoms with E-state index < -0.39 is 10.9 Å². The standard InChI is InChI=1S/C19H14N4O4S/c1-27-18(24)13-3-5-15(6-4-13)22-12-14-11-16(23(25)26)7-8-17(14)28-19-20-9-2-10-21-19/h2-12H,1H3. The lowest BCUT2D eigenvalue weighted by atomic mass is 10.2. The summed E-state index contributed by atoms with van der Waals surface area (Å²) in [5, 5.41) is 11.6. The number of rotatable bonds is 6. The van der Waals surface area contributed by atoms with Gasteiger partial charge in [0.15, 0.2) is 5.16 Å². The van der Waals surface area contributed by atoms with E-state index in [-0.39, 0.29) is 5.69 Å². The Kier molecular flexibility index (Phi) is 6.07. The molecule has 140 valence electrons. The molecule has 0 bridgehead atoms. The van der Waals surface area contributed by atoms with Crippen molar-refractivity contribution in [2.75, 3.05) is 7.11 Å². The summed E-state index contributed by atoms with van der Waals surface area (Å²) in [5.41, 5.74) is 1.52. The zero-order chi connectivity index (χ0) is 19.9. The Hall–Kier alpha value is -3.59. The molecule has 1 aromatic heterocycles. The Morgan fingerprint density at radius 1 is 1.18 bits per heavy atom. The van der Waals surface area contributed by atoms with Crippen molar-refractivity contribution < 1.29 is 14.5 Å². The van der Waals surface area contributed by atoms with E-state index in [2.05, 4.69) is 19.7 Å². The number of carbonyl (C=O) groups is 1. The minimum absolute atomic E-state index is 0.0409. The van der Waals surface area contributed by atoms with Gasteiger partial charge >= 0.3 is 5.97 Å². The van der Waals surface area contributed by atoms with Crippen LogP contribution in [0.25, 0.3) is 0 Å². The van der Waals surface area contributed by atoms with Gasteiger partial charge in [0.1, 0.15) is 0 Å². The normalized spacial score (nSPS) is 10.8. The highest BCUT2D eigenvalue weighted by atomic mass is 32.2. The molecule has 9 heteroatoms. The van der Waals surface area contributed by atoms with Gasteiger partial charge in [0, 0.05) is 41.2 Å². The zero-order valence-corrected chi connectivity index (χ0v) is 15.5. The average Bonchev–Trinajstić information content (AvgIpc) is 2.73. The van der Waals surface area contributed by atoms with Crippen LogP contribution in [0.1, 0.15) is 15.9 Å². The maximum atomic E-state index is 11.5. The minimum Gasteiger partial charge on any atom is -0.465 e. The molecule has 0 N–H and O–H groups in total. The number of aromatic nitrogens is 2. The number of nitrogens with zero attached hydrogens (tertiary/aromatic N) is 4. The van der Waals surface area contributed by atoms with Crippen LogP contribution in [-0.4, -0.2) is 34.2 Å². The van der Waals surface area contributed by atoms with Gasteiger partial charge in [0.05, 0.1) is 23.3 Å². The largest absolute Gasteiger partial charge is 0.465 e. The summed E-state index contributed by atoms with van der Waals surface area (Å²) in [6.07, 6.45) is 4.78. The number of carbonyl (C=O) groups excluding carboxylic acids is 1. The smallest absolute Gasteiger partial charge is 0.337 e. The summed E-state index contributed by atoms with van der Waals surface area (Å²) in [6, 6.07) is 12.7. The van der Waals surface area contributed by atoms with Crippen LogP contribution in [0.4, 0.5) is 11.4 Å². The van der Waals surface area contributed by atoms with Gasteiger partial charge in [-0.05, 0) is 48.2 Å². The fourth-order valence-electron chi connectivity index (χ4n) is 2.23. The van der Waals surface area contributed by atoms with Crippen LogP contribution in [0.3, 0.4) is 0 Å². The molecule has 0 spiro atoms. The van der Waals surface area contributed by atoms with Crippen LogP contribution in [0.2, 0.25) is 0 Å². The van der Waals surface area contributed by atoms with Gasteiger partial charge in [-0.3, -0.25) is 15.1 Å². The van der Waals surface area contributed by atoms with Gasteiger partial charge in [-0.15, -0.1) is 0 Å². The summed E-state index contributed by atoms with van der Waals surface area (Å²) in [5.74, 6) is -0.434. The number of nitro groups is 1. The van der Waals surface area contributed by atoms with Crippen molar-refractivity contribution in [1.82, 2.24) is 9.97 Å². The third kappa shape index (κ3) is 4.77. The van der Waals surface area contributed by atoms with Gasteiger partial charge in [-0.25, -0.2) is 14.8 Å². The summed E-state index contributed by atoms with van der Waals surface area (Å²) >= 11 is 1.28. The molecule has 0 fully saturated rings. The van der Waals surface area contributed by atoms with Crippen molar-refractivity contribution in [3.8, 4) is 0 Å². The van der Waals surface area contributed by atoms with Crippen LogP contribution in [0.15, 0.2) is 76.0 Å². The highest BCUT2D eigenvalue weighted by Gasteiger charge is 2.12. The Morgan fingerprint density at radius 2 is 1.89 bits per heavy atom. The van der Waals surface area contributed by atoms with E-state index in [1.807, 2.05) is 0 Å². The van der Waals surface area contributed by atoms with E-state index in [1.54, 1.807) is 48.8 Å². The van der Waals surface area contributed by atoms with Crippen LogP contribution in [0.5, 0.6) is 0 Å². The quantitative estimate of drug-likeness (QED) is 0.204. The van der Waals surface area contributed by atoms with E-state index in [0.29, 0.717) is 22.0 Å². The SMILES string of the molecule is COC(=O)c1ccc(N=Cc2cc([N+](=O)[O-])ccc2Sc2ncccn2)cc1. The zero-order valence-electron chi connectivity index (χ0n) is 14.7. The van der Waals surface area contributed by atoms with Gasteiger partial charge < -0.3 is 4.74 Å². The number of ether oxygens (including phenoxy) is 1. The number of methoxy groups -OCH3 is 1. The molecule has 0 aliphatic rings. The van der Waals surface area contributed by atoms with Crippen molar-refractivity contribution in [3.05, 3.63) is 82.2 Å². The molecule has 0 amide bonds. The van der Waals surface area contributed by atoms with E-state index in [4.69, 9.17) is 0 Å². The first kappa shape index (κ1) is 19.2. The molecule has 3 rings (SSSR count). The molecule has 28 heavy (non-hydrogen) atoms. The van der Waals surface area contributed by atoms with E-state index >= 15 is 0 Å². The predicted molar refractivity (Wildman–Crippen MR) is 104 cm³/mol. The highest BCUT2D eigenvalue weighted by Crippen LogP contribution is 2.30. The van der Waals surface area contributed by atoms with Crippen LogP contribution >= 0.6 is 11.8 Å². The van der Waals surface area contributed by atoms with Crippen molar-refractivity contribution in [2.45, 2.75) is 10.1 Å². The number of hydrogen-bond donors (Lipinski definition) is 0. The molecule has 1 heterocycles. The number of benzene rings is 2. The van der Waals surface area contributed by atoms with Crippen LogP contribution in [-0.2, 0) is 4.74 Å². The molecule has 0 atom stereocenters. The van der Waals surface area contributed by atoms with Crippen molar-refractivity contribution in [1.29, 1.82) is 0 Å². The highest BCUT2D eigenvalue weighted by molar-refractivity contribution is 7.99. The Bertz CT molecular complexity index is 1020. The fourth-order valence-corrected chi connectivity index (χ4v) is 3.01. The Morgan fingerprint density at radius 3 is 2.54 bits per heavy atom. The Balaban J connectivity index is 1.90. The van der Waals surface area contributed by atoms with Gasteiger partial charge in [0.2, 0.25) is 0 Å². The number of esters is 1. The molecule has 3 aromatic rings. The molecule has 8 nitrogen and oxygen atoms in total. The molecule has 0 unspecified atom stereocenters. The number of aliphatic imine (C=N–C) groups is 1. The molecule has 0 saturated carbocycles. The second-order valence-corrected chi connectivity index (χ2v) is 6.42.